The van der Waals surface area contributed by atoms with Crippen molar-refractivity contribution < 1.29 is 15.0 Å². The highest BCUT2D eigenvalue weighted by Gasteiger charge is 2.32. The summed E-state index contributed by atoms with van der Waals surface area (Å²) in [6.45, 7) is 5.50. The maximum atomic E-state index is 10.8. The van der Waals surface area contributed by atoms with E-state index in [1.807, 2.05) is 6.92 Å². The molecule has 0 aliphatic carbocycles. The summed E-state index contributed by atoms with van der Waals surface area (Å²) in [6.07, 6.45) is 0.184. The summed E-state index contributed by atoms with van der Waals surface area (Å²) in [5.41, 5.74) is -0.920. The Bertz CT molecular complexity index is 180. The van der Waals surface area contributed by atoms with Gasteiger partial charge in [0.05, 0.1) is 6.10 Å². The van der Waals surface area contributed by atoms with Crippen LogP contribution in [0.5, 0.6) is 0 Å². The van der Waals surface area contributed by atoms with Gasteiger partial charge in [-0.1, -0.05) is 6.92 Å². The number of aliphatic hydroxyl groups excluding tert-OH is 1. The summed E-state index contributed by atoms with van der Waals surface area (Å²) >= 11 is 0. The predicted molar refractivity (Wildman–Crippen MR) is 50.6 cm³/mol. The summed E-state index contributed by atoms with van der Waals surface area (Å²) in [7, 11) is 1.70. The van der Waals surface area contributed by atoms with Crippen LogP contribution in [0.15, 0.2) is 0 Å². The van der Waals surface area contributed by atoms with Gasteiger partial charge >= 0.3 is 5.97 Å². The van der Waals surface area contributed by atoms with Crippen molar-refractivity contribution in [3.63, 3.8) is 0 Å². The molecule has 0 heterocycles. The van der Waals surface area contributed by atoms with Crippen molar-refractivity contribution in [2.45, 2.75) is 38.8 Å². The molecule has 0 fully saturated rings. The highest BCUT2D eigenvalue weighted by molar-refractivity contribution is 5.77. The first-order chi connectivity index (χ1) is 5.82. The molecule has 0 aliphatic heterocycles. The first-order valence-electron chi connectivity index (χ1n) is 4.45. The zero-order valence-corrected chi connectivity index (χ0v) is 8.74. The molecular weight excluding hydrogens is 170 g/mol. The van der Waals surface area contributed by atoms with E-state index in [1.165, 1.54) is 0 Å². The number of carbonyl (C=O) groups is 1. The molecule has 0 radical (unpaired) electrons. The molecular formula is C9H19NO3. The van der Waals surface area contributed by atoms with Crippen LogP contribution in [0.25, 0.3) is 0 Å². The Hall–Kier alpha value is -0.610. The molecule has 1 unspecified atom stereocenters. The van der Waals surface area contributed by atoms with Crippen LogP contribution in [0.4, 0.5) is 0 Å². The number of carboxylic acids is 1. The van der Waals surface area contributed by atoms with Crippen LogP contribution in [0.3, 0.4) is 0 Å². The van der Waals surface area contributed by atoms with Gasteiger partial charge in [0.2, 0.25) is 0 Å². The van der Waals surface area contributed by atoms with Gasteiger partial charge in [0.1, 0.15) is 5.54 Å². The largest absolute Gasteiger partial charge is 0.480 e. The molecule has 4 heteroatoms. The Morgan fingerprint density at radius 1 is 1.54 bits per heavy atom. The van der Waals surface area contributed by atoms with E-state index in [1.54, 1.807) is 25.8 Å². The molecule has 0 aromatic carbocycles. The number of aliphatic carboxylic acids is 1. The third-order valence-corrected chi connectivity index (χ3v) is 2.43. The molecule has 1 atom stereocenters. The SMILES string of the molecule is CCC(O)CN(C)C(C)(C)C(=O)O. The van der Waals surface area contributed by atoms with Crippen molar-refractivity contribution in [3.05, 3.63) is 0 Å². The van der Waals surface area contributed by atoms with E-state index >= 15 is 0 Å². The van der Waals surface area contributed by atoms with Gasteiger partial charge in [-0.05, 0) is 27.3 Å². The first-order valence-corrected chi connectivity index (χ1v) is 4.45. The lowest BCUT2D eigenvalue weighted by atomic mass is 10.0. The number of nitrogens with zero attached hydrogens (tertiary/aromatic N) is 1. The number of aliphatic hydroxyl groups is 1. The summed E-state index contributed by atoms with van der Waals surface area (Å²) < 4.78 is 0. The van der Waals surface area contributed by atoms with E-state index in [0.717, 1.165) is 0 Å². The van der Waals surface area contributed by atoms with Crippen molar-refractivity contribution in [1.82, 2.24) is 4.90 Å². The van der Waals surface area contributed by atoms with Crippen LogP contribution in [0.1, 0.15) is 27.2 Å². The Balaban J connectivity index is 4.24. The van der Waals surface area contributed by atoms with Crippen molar-refractivity contribution in [3.8, 4) is 0 Å². The molecule has 2 N–H and O–H groups in total. The van der Waals surface area contributed by atoms with Crippen molar-refractivity contribution >= 4 is 5.97 Å². The summed E-state index contributed by atoms with van der Waals surface area (Å²) in [5, 5.41) is 18.2. The lowest BCUT2D eigenvalue weighted by Gasteiger charge is -2.32. The van der Waals surface area contributed by atoms with E-state index in [9.17, 15) is 9.90 Å². The van der Waals surface area contributed by atoms with Crippen LogP contribution < -0.4 is 0 Å². The normalized spacial score (nSPS) is 14.6. The highest BCUT2D eigenvalue weighted by Crippen LogP contribution is 2.13. The molecule has 0 saturated carbocycles. The first kappa shape index (κ1) is 12.4. The van der Waals surface area contributed by atoms with Gasteiger partial charge in [0, 0.05) is 6.54 Å². The van der Waals surface area contributed by atoms with Crippen molar-refractivity contribution in [1.29, 1.82) is 0 Å². The fourth-order valence-corrected chi connectivity index (χ4v) is 0.837. The highest BCUT2D eigenvalue weighted by atomic mass is 16.4. The Morgan fingerprint density at radius 2 is 2.00 bits per heavy atom. The summed E-state index contributed by atoms with van der Waals surface area (Å²) in [6, 6.07) is 0. The van der Waals surface area contributed by atoms with Gasteiger partial charge in [0.15, 0.2) is 0 Å². The Kier molecular flexibility index (Phi) is 4.36. The number of hydrogen-bond acceptors (Lipinski definition) is 3. The fourth-order valence-electron chi connectivity index (χ4n) is 0.837. The van der Waals surface area contributed by atoms with Gasteiger partial charge in [-0.3, -0.25) is 9.69 Å². The maximum absolute atomic E-state index is 10.8. The number of β-amino-alcohol motifs (C(OH)–C–C–N with tert-alkyl or cyclic N) is 1. The standard InChI is InChI=1S/C9H19NO3/c1-5-7(11)6-10(4)9(2,3)8(12)13/h7,11H,5-6H2,1-4H3,(H,12,13). The third-order valence-electron chi connectivity index (χ3n) is 2.43. The minimum Gasteiger partial charge on any atom is -0.480 e. The van der Waals surface area contributed by atoms with E-state index in [0.29, 0.717) is 13.0 Å². The average Bonchev–Trinajstić information content (AvgIpc) is 2.03. The monoisotopic (exact) mass is 189 g/mol. The fraction of sp³-hybridized carbons (Fsp3) is 0.889. The topological polar surface area (TPSA) is 60.8 Å². The molecule has 0 aliphatic rings. The molecule has 0 amide bonds. The van der Waals surface area contributed by atoms with Gasteiger partial charge in [-0.15, -0.1) is 0 Å². The minimum absolute atomic E-state index is 0.385. The van der Waals surface area contributed by atoms with Crippen LogP contribution >= 0.6 is 0 Å². The molecule has 78 valence electrons. The number of carboxylic acid groups (broad SMARTS) is 1. The number of likely N-dealkylation sites (N-methyl/N-ethyl adjacent to an activating group) is 1. The van der Waals surface area contributed by atoms with Crippen LogP contribution in [0.2, 0.25) is 0 Å². The van der Waals surface area contributed by atoms with Crippen LogP contribution in [-0.2, 0) is 4.79 Å². The lowest BCUT2D eigenvalue weighted by Crippen LogP contribution is -2.50. The maximum Gasteiger partial charge on any atom is 0.323 e. The molecule has 0 rings (SSSR count). The molecule has 0 spiro atoms. The third kappa shape index (κ3) is 3.32. The Morgan fingerprint density at radius 3 is 2.31 bits per heavy atom. The second-order valence-corrected chi connectivity index (χ2v) is 3.81. The van der Waals surface area contributed by atoms with E-state index in [2.05, 4.69) is 0 Å². The van der Waals surface area contributed by atoms with Gasteiger partial charge in [-0.25, -0.2) is 0 Å². The van der Waals surface area contributed by atoms with Crippen LogP contribution in [0, 0.1) is 0 Å². The van der Waals surface area contributed by atoms with E-state index in [-0.39, 0.29) is 0 Å². The molecule has 0 aromatic heterocycles. The average molecular weight is 189 g/mol. The lowest BCUT2D eigenvalue weighted by molar-refractivity contribution is -0.149. The molecule has 0 saturated heterocycles. The van der Waals surface area contributed by atoms with E-state index in [4.69, 9.17) is 5.11 Å². The summed E-state index contributed by atoms with van der Waals surface area (Å²) in [4.78, 5) is 12.5. The smallest absolute Gasteiger partial charge is 0.323 e. The quantitative estimate of drug-likeness (QED) is 0.663. The zero-order chi connectivity index (χ0) is 10.6. The zero-order valence-electron chi connectivity index (χ0n) is 8.74. The van der Waals surface area contributed by atoms with E-state index < -0.39 is 17.6 Å². The number of hydrogen-bond donors (Lipinski definition) is 2. The molecule has 0 bridgehead atoms. The van der Waals surface area contributed by atoms with Gasteiger partial charge in [-0.2, -0.15) is 0 Å². The second kappa shape index (κ2) is 4.58. The van der Waals surface area contributed by atoms with Gasteiger partial charge in [0.25, 0.3) is 0 Å². The second-order valence-electron chi connectivity index (χ2n) is 3.81. The van der Waals surface area contributed by atoms with Gasteiger partial charge < -0.3 is 10.2 Å². The predicted octanol–water partition coefficient (Wildman–Crippen LogP) is 0.552. The minimum atomic E-state index is -0.920. The molecule has 4 nitrogen and oxygen atoms in total. The van der Waals surface area contributed by atoms with Crippen molar-refractivity contribution in [2.24, 2.45) is 0 Å². The molecule has 13 heavy (non-hydrogen) atoms. The number of rotatable bonds is 5. The van der Waals surface area contributed by atoms with Crippen molar-refractivity contribution in [2.75, 3.05) is 13.6 Å². The van der Waals surface area contributed by atoms with Crippen LogP contribution in [-0.4, -0.2) is 46.3 Å². The summed E-state index contributed by atoms with van der Waals surface area (Å²) in [5.74, 6) is -0.877. The molecule has 0 aromatic rings. The Labute approximate surface area is 79.2 Å².